The van der Waals surface area contributed by atoms with Crippen LogP contribution in [0.15, 0.2) is 0 Å². The molecular weight excluding hydrogens is 184 g/mol. The van der Waals surface area contributed by atoms with Gasteiger partial charge in [-0.1, -0.05) is 13.8 Å². The lowest BCUT2D eigenvalue weighted by Gasteiger charge is -2.01. The van der Waals surface area contributed by atoms with E-state index in [-0.39, 0.29) is 6.54 Å². The highest BCUT2D eigenvalue weighted by atomic mass is 32.1. The van der Waals surface area contributed by atoms with Crippen molar-refractivity contribution in [2.45, 2.75) is 32.8 Å². The molecule has 0 radical (unpaired) electrons. The molecule has 0 aliphatic carbocycles. The second-order valence-corrected chi connectivity index (χ2v) is 4.47. The van der Waals surface area contributed by atoms with Crippen LogP contribution in [0.25, 0.3) is 0 Å². The number of thiazole rings is 1. The lowest BCUT2D eigenvalue weighted by atomic mass is 10.1. The molecule has 0 amide bonds. The minimum absolute atomic E-state index is 0.241. The molecule has 1 rings (SSSR count). The largest absolute Gasteiger partial charge is 0.385 e. The van der Waals surface area contributed by atoms with Crippen molar-refractivity contribution in [1.82, 2.24) is 4.98 Å². The molecule has 74 valence electrons. The van der Waals surface area contributed by atoms with Crippen molar-refractivity contribution in [3.63, 3.8) is 0 Å². The number of hydrogen-bond acceptors (Lipinski definition) is 4. The SMILES string of the molecule is Cc1nc(C(O)CN)sc1C(C)C. The second-order valence-electron chi connectivity index (χ2n) is 3.41. The first kappa shape index (κ1) is 10.6. The van der Waals surface area contributed by atoms with Crippen molar-refractivity contribution < 1.29 is 5.11 Å². The molecule has 0 aliphatic heterocycles. The van der Waals surface area contributed by atoms with E-state index in [1.54, 1.807) is 11.3 Å². The van der Waals surface area contributed by atoms with Crippen molar-refractivity contribution in [2.75, 3.05) is 6.54 Å². The van der Waals surface area contributed by atoms with Gasteiger partial charge in [0.25, 0.3) is 0 Å². The first-order chi connectivity index (χ1) is 6.06. The lowest BCUT2D eigenvalue weighted by Crippen LogP contribution is -2.10. The van der Waals surface area contributed by atoms with Gasteiger partial charge in [0.2, 0.25) is 0 Å². The van der Waals surface area contributed by atoms with Crippen molar-refractivity contribution in [2.24, 2.45) is 5.73 Å². The molecule has 0 saturated carbocycles. The molecule has 0 spiro atoms. The van der Waals surface area contributed by atoms with Crippen LogP contribution in [0.1, 0.15) is 41.4 Å². The predicted molar refractivity (Wildman–Crippen MR) is 55.0 cm³/mol. The van der Waals surface area contributed by atoms with Crippen LogP contribution in [-0.2, 0) is 0 Å². The Balaban J connectivity index is 2.95. The van der Waals surface area contributed by atoms with E-state index in [1.807, 2.05) is 6.92 Å². The van der Waals surface area contributed by atoms with Gasteiger partial charge in [0.1, 0.15) is 11.1 Å². The first-order valence-corrected chi connectivity index (χ1v) is 5.23. The zero-order valence-corrected chi connectivity index (χ0v) is 9.06. The average Bonchev–Trinajstić information content (AvgIpc) is 2.46. The maximum atomic E-state index is 9.47. The zero-order chi connectivity index (χ0) is 10.0. The molecule has 3 nitrogen and oxygen atoms in total. The number of rotatable bonds is 3. The molecule has 1 aromatic rings. The van der Waals surface area contributed by atoms with Gasteiger partial charge in [-0.3, -0.25) is 0 Å². The fraction of sp³-hybridized carbons (Fsp3) is 0.667. The molecule has 0 aromatic carbocycles. The van der Waals surface area contributed by atoms with Crippen LogP contribution in [0.4, 0.5) is 0 Å². The van der Waals surface area contributed by atoms with Crippen LogP contribution in [0.3, 0.4) is 0 Å². The van der Waals surface area contributed by atoms with E-state index in [9.17, 15) is 5.11 Å². The minimum atomic E-state index is -0.601. The average molecular weight is 200 g/mol. The van der Waals surface area contributed by atoms with E-state index >= 15 is 0 Å². The molecule has 1 atom stereocenters. The molecule has 13 heavy (non-hydrogen) atoms. The number of nitrogens with two attached hydrogens (primary N) is 1. The van der Waals surface area contributed by atoms with Crippen LogP contribution in [0.5, 0.6) is 0 Å². The summed E-state index contributed by atoms with van der Waals surface area (Å²) in [5.41, 5.74) is 6.37. The van der Waals surface area contributed by atoms with E-state index in [0.29, 0.717) is 5.92 Å². The van der Waals surface area contributed by atoms with Gasteiger partial charge in [0, 0.05) is 11.4 Å². The fourth-order valence-corrected chi connectivity index (χ4v) is 2.28. The predicted octanol–water partition coefficient (Wildman–Crippen LogP) is 1.57. The summed E-state index contributed by atoms with van der Waals surface area (Å²) in [5, 5.41) is 10.2. The molecule has 4 heteroatoms. The minimum Gasteiger partial charge on any atom is -0.385 e. The Labute approximate surface area is 82.6 Å². The fourth-order valence-electron chi connectivity index (χ4n) is 1.21. The van der Waals surface area contributed by atoms with Crippen molar-refractivity contribution in [3.8, 4) is 0 Å². The Morgan fingerprint density at radius 2 is 2.15 bits per heavy atom. The van der Waals surface area contributed by atoms with Gasteiger partial charge in [-0.15, -0.1) is 11.3 Å². The Kier molecular flexibility index (Phi) is 3.41. The van der Waals surface area contributed by atoms with E-state index < -0.39 is 6.10 Å². The third-order valence-electron chi connectivity index (χ3n) is 1.88. The summed E-state index contributed by atoms with van der Waals surface area (Å²) in [4.78, 5) is 5.53. The summed E-state index contributed by atoms with van der Waals surface area (Å²) >= 11 is 1.56. The van der Waals surface area contributed by atoms with Gasteiger partial charge >= 0.3 is 0 Å². The van der Waals surface area contributed by atoms with Crippen LogP contribution in [0.2, 0.25) is 0 Å². The lowest BCUT2D eigenvalue weighted by molar-refractivity contribution is 0.186. The van der Waals surface area contributed by atoms with Crippen LogP contribution >= 0.6 is 11.3 Å². The molecule has 0 saturated heterocycles. The van der Waals surface area contributed by atoms with Crippen LogP contribution in [-0.4, -0.2) is 16.6 Å². The molecule has 0 fully saturated rings. The third-order valence-corrected chi connectivity index (χ3v) is 3.44. The maximum Gasteiger partial charge on any atom is 0.123 e. The molecular formula is C9H16N2OS. The zero-order valence-electron chi connectivity index (χ0n) is 8.24. The quantitative estimate of drug-likeness (QED) is 0.778. The van der Waals surface area contributed by atoms with Gasteiger partial charge in [0.05, 0.1) is 5.69 Å². The molecule has 3 N–H and O–H groups in total. The van der Waals surface area contributed by atoms with Crippen LogP contribution in [0, 0.1) is 6.92 Å². The monoisotopic (exact) mass is 200 g/mol. The number of hydrogen-bond donors (Lipinski definition) is 2. The van der Waals surface area contributed by atoms with Crippen molar-refractivity contribution >= 4 is 11.3 Å². The number of aliphatic hydroxyl groups excluding tert-OH is 1. The van der Waals surface area contributed by atoms with Crippen molar-refractivity contribution in [1.29, 1.82) is 0 Å². The summed E-state index contributed by atoms with van der Waals surface area (Å²) in [6, 6.07) is 0. The summed E-state index contributed by atoms with van der Waals surface area (Å²) < 4.78 is 0. The molecule has 0 bridgehead atoms. The van der Waals surface area contributed by atoms with Gasteiger partial charge in [0.15, 0.2) is 0 Å². The summed E-state index contributed by atoms with van der Waals surface area (Å²) in [5.74, 6) is 0.469. The number of aliphatic hydroxyl groups is 1. The van der Waals surface area contributed by atoms with Gasteiger partial charge in [-0.05, 0) is 12.8 Å². The highest BCUT2D eigenvalue weighted by Crippen LogP contribution is 2.28. The molecule has 1 unspecified atom stereocenters. The van der Waals surface area contributed by atoms with Crippen molar-refractivity contribution in [3.05, 3.63) is 15.6 Å². The Hall–Kier alpha value is -0.450. The van der Waals surface area contributed by atoms with Gasteiger partial charge in [-0.25, -0.2) is 4.98 Å². The molecule has 1 heterocycles. The van der Waals surface area contributed by atoms with E-state index in [1.165, 1.54) is 4.88 Å². The Morgan fingerprint density at radius 3 is 2.54 bits per heavy atom. The highest BCUT2D eigenvalue weighted by Gasteiger charge is 2.15. The summed E-state index contributed by atoms with van der Waals surface area (Å²) in [6.07, 6.45) is -0.601. The normalized spacial score (nSPS) is 13.7. The first-order valence-electron chi connectivity index (χ1n) is 4.41. The molecule has 1 aromatic heterocycles. The smallest absolute Gasteiger partial charge is 0.123 e. The van der Waals surface area contributed by atoms with E-state index in [4.69, 9.17) is 5.73 Å². The van der Waals surface area contributed by atoms with E-state index in [0.717, 1.165) is 10.7 Å². The van der Waals surface area contributed by atoms with Gasteiger partial charge < -0.3 is 10.8 Å². The second kappa shape index (κ2) is 4.17. The topological polar surface area (TPSA) is 59.1 Å². The Bertz CT molecular complexity index is 283. The highest BCUT2D eigenvalue weighted by molar-refractivity contribution is 7.11. The number of nitrogens with zero attached hydrogens (tertiary/aromatic N) is 1. The van der Waals surface area contributed by atoms with Crippen LogP contribution < -0.4 is 5.73 Å². The molecule has 0 aliphatic rings. The standard InChI is InChI=1S/C9H16N2OS/c1-5(2)8-6(3)11-9(13-8)7(12)4-10/h5,7,12H,4,10H2,1-3H3. The maximum absolute atomic E-state index is 9.47. The number of aromatic nitrogens is 1. The number of aryl methyl sites for hydroxylation is 1. The summed E-state index contributed by atoms with van der Waals surface area (Å²) in [7, 11) is 0. The Morgan fingerprint density at radius 1 is 1.54 bits per heavy atom. The summed E-state index contributed by atoms with van der Waals surface area (Å²) in [6.45, 7) is 6.46. The van der Waals surface area contributed by atoms with E-state index in [2.05, 4.69) is 18.8 Å². The van der Waals surface area contributed by atoms with Gasteiger partial charge in [-0.2, -0.15) is 0 Å². The third kappa shape index (κ3) is 2.27.